The van der Waals surface area contributed by atoms with Gasteiger partial charge in [-0.2, -0.15) is 0 Å². The van der Waals surface area contributed by atoms with Crippen LogP contribution in [-0.2, 0) is 11.2 Å². The minimum atomic E-state index is -0.416. The highest BCUT2D eigenvalue weighted by atomic mass is 16.3. The van der Waals surface area contributed by atoms with Gasteiger partial charge >= 0.3 is 0 Å². The van der Waals surface area contributed by atoms with Gasteiger partial charge < -0.3 is 14.6 Å². The van der Waals surface area contributed by atoms with Crippen molar-refractivity contribution in [3.63, 3.8) is 0 Å². The molecule has 0 fully saturated rings. The summed E-state index contributed by atoms with van der Waals surface area (Å²) in [4.78, 5) is 14.1. The van der Waals surface area contributed by atoms with Gasteiger partial charge in [0.25, 0.3) is 0 Å². The molecule has 0 saturated carbocycles. The zero-order chi connectivity index (χ0) is 15.1. The molecule has 1 aromatic rings. The fourth-order valence-electron chi connectivity index (χ4n) is 3.11. The third-order valence-corrected chi connectivity index (χ3v) is 4.44. The molecule has 0 spiro atoms. The second-order valence-electron chi connectivity index (χ2n) is 6.71. The normalized spacial score (nSPS) is 22.2. The SMILES string of the molecule is CCN(C)C(=O)C(C)n1ccc2c1CC(C)(C)CC2O. The Hall–Kier alpha value is -1.29. The number of hydrogen-bond acceptors (Lipinski definition) is 2. The van der Waals surface area contributed by atoms with Gasteiger partial charge in [0.2, 0.25) is 5.91 Å². The summed E-state index contributed by atoms with van der Waals surface area (Å²) in [6.45, 7) is 8.95. The maximum Gasteiger partial charge on any atom is 0.245 e. The lowest BCUT2D eigenvalue weighted by molar-refractivity contribution is -0.132. The molecule has 2 atom stereocenters. The van der Waals surface area contributed by atoms with Gasteiger partial charge in [0, 0.05) is 31.0 Å². The number of carbonyl (C=O) groups excluding carboxylic acids is 1. The Morgan fingerprint density at radius 1 is 1.60 bits per heavy atom. The Morgan fingerprint density at radius 3 is 2.85 bits per heavy atom. The van der Waals surface area contributed by atoms with Crippen LogP contribution >= 0.6 is 0 Å². The minimum Gasteiger partial charge on any atom is -0.388 e. The molecule has 2 unspecified atom stereocenters. The molecule has 0 radical (unpaired) electrons. The summed E-state index contributed by atoms with van der Waals surface area (Å²) in [5.41, 5.74) is 2.17. The van der Waals surface area contributed by atoms with Crippen molar-refractivity contribution in [2.24, 2.45) is 5.41 Å². The Balaban J connectivity index is 2.34. The van der Waals surface area contributed by atoms with Crippen molar-refractivity contribution in [1.82, 2.24) is 9.47 Å². The maximum atomic E-state index is 12.3. The van der Waals surface area contributed by atoms with Crippen LogP contribution in [0.15, 0.2) is 12.3 Å². The van der Waals surface area contributed by atoms with Gasteiger partial charge in [0.1, 0.15) is 6.04 Å². The van der Waals surface area contributed by atoms with Crippen molar-refractivity contribution in [3.05, 3.63) is 23.5 Å². The number of amides is 1. The van der Waals surface area contributed by atoms with E-state index < -0.39 is 6.10 Å². The molecule has 0 bridgehead atoms. The van der Waals surface area contributed by atoms with Crippen LogP contribution in [0.2, 0.25) is 0 Å². The third-order valence-electron chi connectivity index (χ3n) is 4.44. The van der Waals surface area contributed by atoms with Gasteiger partial charge in [0.05, 0.1) is 6.10 Å². The smallest absolute Gasteiger partial charge is 0.245 e. The van der Waals surface area contributed by atoms with Crippen molar-refractivity contribution in [2.45, 2.75) is 52.7 Å². The first-order valence-corrected chi connectivity index (χ1v) is 7.39. The van der Waals surface area contributed by atoms with Crippen LogP contribution in [0.5, 0.6) is 0 Å². The quantitative estimate of drug-likeness (QED) is 0.923. The monoisotopic (exact) mass is 278 g/mol. The number of hydrogen-bond donors (Lipinski definition) is 1. The summed E-state index contributed by atoms with van der Waals surface area (Å²) in [6.07, 6.45) is 3.21. The van der Waals surface area contributed by atoms with E-state index in [2.05, 4.69) is 13.8 Å². The molecule has 0 aliphatic heterocycles. The Labute approximate surface area is 121 Å². The number of aliphatic hydroxyl groups is 1. The van der Waals surface area contributed by atoms with Gasteiger partial charge in [0.15, 0.2) is 0 Å². The second-order valence-corrected chi connectivity index (χ2v) is 6.71. The average Bonchev–Trinajstić information content (AvgIpc) is 2.78. The molecular formula is C16H26N2O2. The molecule has 112 valence electrons. The molecule has 2 rings (SSSR count). The summed E-state index contributed by atoms with van der Waals surface area (Å²) < 4.78 is 2.04. The maximum absolute atomic E-state index is 12.3. The summed E-state index contributed by atoms with van der Waals surface area (Å²) in [6, 6.07) is 1.75. The first-order valence-electron chi connectivity index (χ1n) is 7.39. The number of carbonyl (C=O) groups is 1. The molecular weight excluding hydrogens is 252 g/mol. The Bertz CT molecular complexity index is 505. The molecule has 4 nitrogen and oxygen atoms in total. The fraction of sp³-hybridized carbons (Fsp3) is 0.688. The molecule has 0 aromatic carbocycles. The number of fused-ring (bicyclic) bond motifs is 1. The molecule has 1 N–H and O–H groups in total. The zero-order valence-electron chi connectivity index (χ0n) is 13.2. The standard InChI is InChI=1S/C16H26N2O2/c1-6-17(5)15(20)11(2)18-8-7-12-13(18)9-16(3,4)10-14(12)19/h7-8,11,14,19H,6,9-10H2,1-5H3. The van der Waals surface area contributed by atoms with Crippen LogP contribution < -0.4 is 0 Å². The lowest BCUT2D eigenvalue weighted by Gasteiger charge is -2.35. The summed E-state index contributed by atoms with van der Waals surface area (Å²) in [7, 11) is 1.83. The third kappa shape index (κ3) is 2.62. The number of aliphatic hydroxyl groups excluding tert-OH is 1. The van der Waals surface area contributed by atoms with Gasteiger partial charge in [-0.05, 0) is 38.2 Å². The molecule has 1 aromatic heterocycles. The predicted molar refractivity (Wildman–Crippen MR) is 79.5 cm³/mol. The van der Waals surface area contributed by atoms with Crippen LogP contribution in [-0.4, -0.2) is 34.1 Å². The lowest BCUT2D eigenvalue weighted by Crippen LogP contribution is -2.34. The van der Waals surface area contributed by atoms with Crippen LogP contribution in [0, 0.1) is 5.41 Å². The molecule has 0 saturated heterocycles. The van der Waals surface area contributed by atoms with E-state index in [4.69, 9.17) is 0 Å². The van der Waals surface area contributed by atoms with E-state index in [1.165, 1.54) is 0 Å². The van der Waals surface area contributed by atoms with E-state index in [-0.39, 0.29) is 17.4 Å². The second kappa shape index (κ2) is 5.24. The Morgan fingerprint density at radius 2 is 2.25 bits per heavy atom. The molecule has 1 amide bonds. The summed E-state index contributed by atoms with van der Waals surface area (Å²) in [5, 5.41) is 10.3. The van der Waals surface area contributed by atoms with Gasteiger partial charge in [-0.3, -0.25) is 4.79 Å². The first kappa shape index (κ1) is 15.1. The zero-order valence-corrected chi connectivity index (χ0v) is 13.2. The van der Waals surface area contributed by atoms with Gasteiger partial charge in [-0.1, -0.05) is 13.8 Å². The lowest BCUT2D eigenvalue weighted by atomic mass is 9.75. The predicted octanol–water partition coefficient (Wildman–Crippen LogP) is 2.53. The minimum absolute atomic E-state index is 0.0714. The van der Waals surface area contributed by atoms with Crippen LogP contribution in [0.3, 0.4) is 0 Å². The molecule has 4 heteroatoms. The van der Waals surface area contributed by atoms with Crippen molar-refractivity contribution < 1.29 is 9.90 Å². The first-order chi connectivity index (χ1) is 9.26. The number of rotatable bonds is 3. The van der Waals surface area contributed by atoms with Crippen molar-refractivity contribution in [2.75, 3.05) is 13.6 Å². The molecule has 20 heavy (non-hydrogen) atoms. The highest BCUT2D eigenvalue weighted by Gasteiger charge is 2.34. The highest BCUT2D eigenvalue weighted by molar-refractivity contribution is 5.80. The number of likely N-dealkylation sites (N-methyl/N-ethyl adjacent to an activating group) is 1. The highest BCUT2D eigenvalue weighted by Crippen LogP contribution is 2.41. The van der Waals surface area contributed by atoms with E-state index in [0.717, 1.165) is 24.1 Å². The van der Waals surface area contributed by atoms with E-state index in [9.17, 15) is 9.90 Å². The molecule has 1 aliphatic carbocycles. The van der Waals surface area contributed by atoms with Crippen molar-refractivity contribution in [1.29, 1.82) is 0 Å². The largest absolute Gasteiger partial charge is 0.388 e. The summed E-state index contributed by atoms with van der Waals surface area (Å²) in [5.74, 6) is 0.115. The van der Waals surface area contributed by atoms with Crippen molar-refractivity contribution >= 4 is 5.91 Å². The van der Waals surface area contributed by atoms with Crippen LogP contribution in [0.25, 0.3) is 0 Å². The fourth-order valence-corrected chi connectivity index (χ4v) is 3.11. The number of aromatic nitrogens is 1. The number of nitrogens with zero attached hydrogens (tertiary/aromatic N) is 2. The Kier molecular flexibility index (Phi) is 3.96. The summed E-state index contributed by atoms with van der Waals surface area (Å²) >= 11 is 0. The molecule has 1 aliphatic rings. The van der Waals surface area contributed by atoms with E-state index >= 15 is 0 Å². The van der Waals surface area contributed by atoms with Crippen LogP contribution in [0.1, 0.15) is 57.5 Å². The average molecular weight is 278 g/mol. The van der Waals surface area contributed by atoms with Crippen LogP contribution in [0.4, 0.5) is 0 Å². The molecule has 1 heterocycles. The van der Waals surface area contributed by atoms with Gasteiger partial charge in [-0.25, -0.2) is 0 Å². The topological polar surface area (TPSA) is 45.5 Å². The van der Waals surface area contributed by atoms with Crippen molar-refractivity contribution in [3.8, 4) is 0 Å². The van der Waals surface area contributed by atoms with Gasteiger partial charge in [-0.15, -0.1) is 0 Å². The van der Waals surface area contributed by atoms with E-state index in [0.29, 0.717) is 6.54 Å². The van der Waals surface area contributed by atoms with E-state index in [1.807, 2.05) is 37.7 Å². The van der Waals surface area contributed by atoms with E-state index in [1.54, 1.807) is 4.90 Å².